The molecule has 1 heterocycles. The second kappa shape index (κ2) is 7.08. The highest BCUT2D eigenvalue weighted by molar-refractivity contribution is 6.07. The van der Waals surface area contributed by atoms with Crippen LogP contribution in [-0.2, 0) is 14.4 Å². The van der Waals surface area contributed by atoms with Gasteiger partial charge in [-0.15, -0.1) is 0 Å². The average Bonchev–Trinajstić information content (AvgIpc) is 2.17. The van der Waals surface area contributed by atoms with Crippen molar-refractivity contribution in [2.24, 2.45) is 5.92 Å². The van der Waals surface area contributed by atoms with Crippen LogP contribution in [0.4, 0.5) is 0 Å². The van der Waals surface area contributed by atoms with Crippen LogP contribution in [0.2, 0.25) is 0 Å². The van der Waals surface area contributed by atoms with Crippen LogP contribution in [0.5, 0.6) is 0 Å². The Morgan fingerprint density at radius 2 is 2.06 bits per heavy atom. The number of carbonyl (C=O) groups is 3. The molecule has 0 aromatic heterocycles. The summed E-state index contributed by atoms with van der Waals surface area (Å²) in [6.45, 7) is 4.34. The van der Waals surface area contributed by atoms with Crippen molar-refractivity contribution >= 4 is 18.1 Å². The molecule has 1 aliphatic heterocycles. The standard InChI is InChI=1S/C6H8N2O3.C4H10O/c1-8-2-5(10)7-6(11)4(8)3-9;1-4(2)3-5/h3-4H,2H2,1H3,(H,7,10,11);4-5H,3H2,1-2H3. The van der Waals surface area contributed by atoms with Gasteiger partial charge in [0.05, 0.1) is 6.54 Å². The lowest BCUT2D eigenvalue weighted by atomic mass is 10.2. The molecular formula is C10H18N2O4. The Morgan fingerprint density at radius 1 is 1.56 bits per heavy atom. The first kappa shape index (κ1) is 14.7. The summed E-state index contributed by atoms with van der Waals surface area (Å²) in [6, 6.07) is -0.812. The van der Waals surface area contributed by atoms with E-state index in [4.69, 9.17) is 5.11 Å². The van der Waals surface area contributed by atoms with E-state index in [9.17, 15) is 14.4 Å². The molecule has 92 valence electrons. The molecule has 0 spiro atoms. The SMILES string of the molecule is CC(C)CO.CN1CC(=O)NC(=O)C1C=O. The van der Waals surface area contributed by atoms with Crippen LogP contribution in [0, 0.1) is 5.92 Å². The minimum Gasteiger partial charge on any atom is -0.396 e. The Balaban J connectivity index is 0.000000385. The Hall–Kier alpha value is -1.27. The maximum absolute atomic E-state index is 10.8. The zero-order valence-electron chi connectivity index (χ0n) is 9.77. The maximum atomic E-state index is 10.8. The van der Waals surface area contributed by atoms with Gasteiger partial charge in [-0.05, 0) is 13.0 Å². The average molecular weight is 230 g/mol. The first-order valence-electron chi connectivity index (χ1n) is 5.02. The predicted octanol–water partition coefficient (Wildman–Crippen LogP) is -1.22. The third-order valence-corrected chi connectivity index (χ3v) is 1.89. The summed E-state index contributed by atoms with van der Waals surface area (Å²) < 4.78 is 0. The van der Waals surface area contributed by atoms with Crippen LogP contribution in [0.1, 0.15) is 13.8 Å². The van der Waals surface area contributed by atoms with E-state index < -0.39 is 11.9 Å². The predicted molar refractivity (Wildman–Crippen MR) is 57.6 cm³/mol. The molecule has 0 radical (unpaired) electrons. The lowest BCUT2D eigenvalue weighted by molar-refractivity contribution is -0.140. The summed E-state index contributed by atoms with van der Waals surface area (Å²) in [5.41, 5.74) is 0. The smallest absolute Gasteiger partial charge is 0.251 e. The zero-order chi connectivity index (χ0) is 12.7. The Kier molecular flexibility index (Phi) is 6.52. The lowest BCUT2D eigenvalue weighted by Gasteiger charge is -2.26. The number of nitrogens with zero attached hydrogens (tertiary/aromatic N) is 1. The summed E-state index contributed by atoms with van der Waals surface area (Å²) in [7, 11) is 1.55. The maximum Gasteiger partial charge on any atom is 0.251 e. The van der Waals surface area contributed by atoms with Crippen LogP contribution >= 0.6 is 0 Å². The van der Waals surface area contributed by atoms with Crippen molar-refractivity contribution in [1.29, 1.82) is 0 Å². The summed E-state index contributed by atoms with van der Waals surface area (Å²) in [5, 5.41) is 10.2. The highest BCUT2D eigenvalue weighted by Gasteiger charge is 2.30. The van der Waals surface area contributed by atoms with Crippen molar-refractivity contribution in [1.82, 2.24) is 10.2 Å². The molecule has 1 atom stereocenters. The van der Waals surface area contributed by atoms with Crippen LogP contribution in [0.25, 0.3) is 0 Å². The molecule has 2 amide bonds. The summed E-state index contributed by atoms with van der Waals surface area (Å²) >= 11 is 0. The number of rotatable bonds is 2. The third kappa shape index (κ3) is 4.99. The highest BCUT2D eigenvalue weighted by atomic mass is 16.3. The molecular weight excluding hydrogens is 212 g/mol. The van der Waals surface area contributed by atoms with E-state index in [1.54, 1.807) is 7.05 Å². The number of likely N-dealkylation sites (N-methyl/N-ethyl adjacent to an activating group) is 1. The van der Waals surface area contributed by atoms with Gasteiger partial charge >= 0.3 is 0 Å². The van der Waals surface area contributed by atoms with Crippen molar-refractivity contribution in [2.45, 2.75) is 19.9 Å². The monoisotopic (exact) mass is 230 g/mol. The first-order valence-corrected chi connectivity index (χ1v) is 5.02. The van der Waals surface area contributed by atoms with Gasteiger partial charge in [-0.3, -0.25) is 19.8 Å². The largest absolute Gasteiger partial charge is 0.396 e. The summed E-state index contributed by atoms with van der Waals surface area (Å²) in [4.78, 5) is 33.2. The Bertz CT molecular complexity index is 266. The molecule has 1 rings (SSSR count). The van der Waals surface area contributed by atoms with E-state index in [0.29, 0.717) is 18.8 Å². The minimum atomic E-state index is -0.812. The van der Waals surface area contributed by atoms with Gasteiger partial charge in [0.15, 0.2) is 0 Å². The molecule has 1 unspecified atom stereocenters. The summed E-state index contributed by atoms with van der Waals surface area (Å²) in [5.74, 6) is -0.468. The van der Waals surface area contributed by atoms with E-state index in [0.717, 1.165) is 0 Å². The molecule has 0 bridgehead atoms. The van der Waals surface area contributed by atoms with Gasteiger partial charge in [-0.25, -0.2) is 0 Å². The quantitative estimate of drug-likeness (QED) is 0.352. The van der Waals surface area contributed by atoms with Gasteiger partial charge < -0.3 is 9.90 Å². The number of hydrogen-bond donors (Lipinski definition) is 2. The van der Waals surface area contributed by atoms with Gasteiger partial charge in [0, 0.05) is 6.61 Å². The minimum absolute atomic E-state index is 0.0924. The molecule has 0 saturated carbocycles. The molecule has 0 aromatic rings. The second-order valence-corrected chi connectivity index (χ2v) is 3.98. The number of imide groups is 1. The van der Waals surface area contributed by atoms with Gasteiger partial charge in [0.25, 0.3) is 5.91 Å². The first-order chi connectivity index (χ1) is 7.42. The second-order valence-electron chi connectivity index (χ2n) is 3.98. The fraction of sp³-hybridized carbons (Fsp3) is 0.700. The fourth-order valence-electron chi connectivity index (χ4n) is 0.942. The van der Waals surface area contributed by atoms with Gasteiger partial charge in [-0.2, -0.15) is 0 Å². The molecule has 1 fully saturated rings. The third-order valence-electron chi connectivity index (χ3n) is 1.89. The molecule has 1 aliphatic rings. The Labute approximate surface area is 94.6 Å². The molecule has 16 heavy (non-hydrogen) atoms. The van der Waals surface area contributed by atoms with Gasteiger partial charge in [-0.1, -0.05) is 13.8 Å². The van der Waals surface area contributed by atoms with Crippen molar-refractivity contribution in [3.05, 3.63) is 0 Å². The number of nitrogens with one attached hydrogen (secondary N) is 1. The molecule has 0 aromatic carbocycles. The summed E-state index contributed by atoms with van der Waals surface area (Å²) in [6.07, 6.45) is 0.516. The van der Waals surface area contributed by atoms with Gasteiger partial charge in [0.2, 0.25) is 5.91 Å². The highest BCUT2D eigenvalue weighted by Crippen LogP contribution is 1.98. The van der Waals surface area contributed by atoms with Crippen LogP contribution in [0.3, 0.4) is 0 Å². The topological polar surface area (TPSA) is 86.7 Å². The number of aldehydes is 1. The van der Waals surface area contributed by atoms with E-state index >= 15 is 0 Å². The molecule has 6 heteroatoms. The number of aliphatic hydroxyl groups excluding tert-OH is 1. The van der Waals surface area contributed by atoms with E-state index in [1.165, 1.54) is 4.90 Å². The van der Waals surface area contributed by atoms with Crippen molar-refractivity contribution in [2.75, 3.05) is 20.2 Å². The molecule has 1 saturated heterocycles. The van der Waals surface area contributed by atoms with E-state index in [2.05, 4.69) is 5.32 Å². The van der Waals surface area contributed by atoms with Crippen molar-refractivity contribution < 1.29 is 19.5 Å². The van der Waals surface area contributed by atoms with Crippen molar-refractivity contribution in [3.63, 3.8) is 0 Å². The van der Waals surface area contributed by atoms with Gasteiger partial charge in [0.1, 0.15) is 12.3 Å². The van der Waals surface area contributed by atoms with E-state index in [1.807, 2.05) is 13.8 Å². The number of amides is 2. The van der Waals surface area contributed by atoms with Crippen LogP contribution in [0.15, 0.2) is 0 Å². The van der Waals surface area contributed by atoms with Crippen molar-refractivity contribution in [3.8, 4) is 0 Å². The number of aliphatic hydroxyl groups is 1. The lowest BCUT2D eigenvalue weighted by Crippen LogP contribution is -2.57. The van der Waals surface area contributed by atoms with Crippen LogP contribution in [-0.4, -0.2) is 54.3 Å². The fourth-order valence-corrected chi connectivity index (χ4v) is 0.942. The van der Waals surface area contributed by atoms with Crippen LogP contribution < -0.4 is 5.32 Å². The zero-order valence-corrected chi connectivity index (χ0v) is 9.77. The number of hydrogen-bond acceptors (Lipinski definition) is 5. The normalized spacial score (nSPS) is 21.2. The molecule has 0 aliphatic carbocycles. The van der Waals surface area contributed by atoms with E-state index in [-0.39, 0.29) is 12.5 Å². The molecule has 6 nitrogen and oxygen atoms in total. The number of carbonyl (C=O) groups excluding carboxylic acids is 3. The molecule has 2 N–H and O–H groups in total. The number of piperazine rings is 1. The Morgan fingerprint density at radius 3 is 2.38 bits per heavy atom.